The van der Waals surface area contributed by atoms with E-state index in [2.05, 4.69) is 28.2 Å². The number of rotatable bonds is 9. The smallest absolute Gasteiger partial charge is 0.234 e. The van der Waals surface area contributed by atoms with Gasteiger partial charge in [-0.25, -0.2) is 0 Å². The van der Waals surface area contributed by atoms with Crippen molar-refractivity contribution in [2.24, 2.45) is 11.8 Å². The first-order valence-electron chi connectivity index (χ1n) is 10.6. The molecule has 1 aliphatic heterocycles. The Kier molecular flexibility index (Phi) is 6.05. The minimum Gasteiger partial charge on any atom is -0.353 e. The van der Waals surface area contributed by atoms with Crippen molar-refractivity contribution < 1.29 is 4.79 Å². The van der Waals surface area contributed by atoms with Gasteiger partial charge in [0.2, 0.25) is 5.91 Å². The molecule has 27 heavy (non-hydrogen) atoms. The number of hydrogen-bond donors (Lipinski definition) is 1. The number of amides is 1. The van der Waals surface area contributed by atoms with Crippen LogP contribution in [0.3, 0.4) is 0 Å². The molecule has 0 spiro atoms. The van der Waals surface area contributed by atoms with Gasteiger partial charge in [-0.05, 0) is 82.1 Å². The van der Waals surface area contributed by atoms with Crippen LogP contribution in [0, 0.1) is 11.8 Å². The molecule has 1 aromatic carbocycles. The number of hydrogen-bond acceptors (Lipinski definition) is 3. The zero-order chi connectivity index (χ0) is 18.8. The van der Waals surface area contributed by atoms with Crippen molar-refractivity contribution in [2.45, 2.75) is 50.6 Å². The van der Waals surface area contributed by atoms with E-state index in [0.29, 0.717) is 19.1 Å². The lowest BCUT2D eigenvalue weighted by molar-refractivity contribution is -0.122. The second-order valence-electron chi connectivity index (χ2n) is 8.67. The van der Waals surface area contributed by atoms with E-state index in [1.807, 2.05) is 18.2 Å². The minimum absolute atomic E-state index is 0.139. The molecule has 2 aliphatic carbocycles. The van der Waals surface area contributed by atoms with Crippen LogP contribution in [-0.2, 0) is 4.79 Å². The third-order valence-corrected chi connectivity index (χ3v) is 6.79. The van der Waals surface area contributed by atoms with Gasteiger partial charge >= 0.3 is 0 Å². The zero-order valence-electron chi connectivity index (χ0n) is 16.4. The van der Waals surface area contributed by atoms with Crippen molar-refractivity contribution in [1.29, 1.82) is 0 Å². The van der Waals surface area contributed by atoms with Gasteiger partial charge in [-0.15, -0.1) is 0 Å². The zero-order valence-corrected chi connectivity index (χ0v) is 17.1. The molecule has 4 nitrogen and oxygen atoms in total. The number of likely N-dealkylation sites (N-methyl/N-ethyl adjacent to an activating group) is 1. The molecule has 1 atom stereocenters. The Morgan fingerprint density at radius 1 is 1.19 bits per heavy atom. The molecule has 2 saturated carbocycles. The summed E-state index contributed by atoms with van der Waals surface area (Å²) in [4.78, 5) is 17.4. The summed E-state index contributed by atoms with van der Waals surface area (Å²) in [6.45, 7) is 3.30. The van der Waals surface area contributed by atoms with E-state index in [1.54, 1.807) is 0 Å². The lowest BCUT2D eigenvalue weighted by atomic mass is 10.0. The molecule has 1 heterocycles. The molecule has 3 fully saturated rings. The highest BCUT2D eigenvalue weighted by atomic mass is 35.5. The van der Waals surface area contributed by atoms with E-state index in [1.165, 1.54) is 38.5 Å². The van der Waals surface area contributed by atoms with Crippen molar-refractivity contribution in [3.63, 3.8) is 0 Å². The van der Waals surface area contributed by atoms with Crippen LogP contribution in [0.2, 0.25) is 5.02 Å². The van der Waals surface area contributed by atoms with Gasteiger partial charge in [-0.2, -0.15) is 0 Å². The maximum atomic E-state index is 12.7. The molecule has 1 saturated heterocycles. The molecule has 1 amide bonds. The molecular weight excluding hydrogens is 358 g/mol. The normalized spacial score (nSPS) is 21.8. The van der Waals surface area contributed by atoms with Crippen molar-refractivity contribution in [3.8, 4) is 0 Å². The Labute approximate surface area is 168 Å². The van der Waals surface area contributed by atoms with Crippen LogP contribution in [0.25, 0.3) is 0 Å². The topological polar surface area (TPSA) is 35.6 Å². The molecule has 1 N–H and O–H groups in total. The minimum atomic E-state index is 0.139. The highest BCUT2D eigenvalue weighted by molar-refractivity contribution is 6.31. The van der Waals surface area contributed by atoms with E-state index < -0.39 is 0 Å². The molecular formula is C22H32ClN3O. The van der Waals surface area contributed by atoms with Crippen LogP contribution in [-0.4, -0.2) is 55.0 Å². The standard InChI is InChI=1S/C22H32ClN3O/c1-25(22(16-8-9-16)17-10-11-17)15-21(27)24-14-20(26-12-4-5-13-26)18-6-2-3-7-19(18)23/h2-3,6-7,16-17,20,22H,4-5,8-15H2,1H3,(H,24,27). The molecule has 0 aromatic heterocycles. The largest absolute Gasteiger partial charge is 0.353 e. The van der Waals surface area contributed by atoms with Crippen LogP contribution in [0.4, 0.5) is 0 Å². The molecule has 4 rings (SSSR count). The average molecular weight is 390 g/mol. The predicted molar refractivity (Wildman–Crippen MR) is 110 cm³/mol. The van der Waals surface area contributed by atoms with Crippen LogP contribution in [0.1, 0.15) is 50.1 Å². The second kappa shape index (κ2) is 8.50. The van der Waals surface area contributed by atoms with Crippen molar-refractivity contribution in [1.82, 2.24) is 15.1 Å². The van der Waals surface area contributed by atoms with Crippen LogP contribution >= 0.6 is 11.6 Å². The van der Waals surface area contributed by atoms with Gasteiger partial charge < -0.3 is 5.32 Å². The van der Waals surface area contributed by atoms with Crippen LogP contribution in [0.15, 0.2) is 24.3 Å². The third-order valence-electron chi connectivity index (χ3n) is 6.45. The number of likely N-dealkylation sites (tertiary alicyclic amines) is 1. The highest BCUT2D eigenvalue weighted by Crippen LogP contribution is 2.46. The van der Waals surface area contributed by atoms with Crippen LogP contribution in [0.5, 0.6) is 0 Å². The van der Waals surface area contributed by atoms with E-state index in [0.717, 1.165) is 35.5 Å². The summed E-state index contributed by atoms with van der Waals surface area (Å²) in [5.74, 6) is 1.80. The number of carbonyl (C=O) groups is 1. The lowest BCUT2D eigenvalue weighted by Crippen LogP contribution is -2.44. The van der Waals surface area contributed by atoms with Crippen molar-refractivity contribution in [2.75, 3.05) is 33.2 Å². The SMILES string of the molecule is CN(CC(=O)NCC(c1ccccc1Cl)N1CCCC1)C(C1CC1)C1CC1. The number of benzene rings is 1. The van der Waals surface area contributed by atoms with Gasteiger partial charge in [0, 0.05) is 17.6 Å². The fourth-order valence-electron chi connectivity index (χ4n) is 4.81. The fraction of sp³-hybridized carbons (Fsp3) is 0.682. The van der Waals surface area contributed by atoms with Gasteiger partial charge in [0.1, 0.15) is 0 Å². The molecule has 148 valence electrons. The Morgan fingerprint density at radius 2 is 1.81 bits per heavy atom. The first-order chi connectivity index (χ1) is 13.1. The summed E-state index contributed by atoms with van der Waals surface area (Å²) in [6.07, 6.45) is 7.82. The molecule has 0 bridgehead atoms. The Hall–Kier alpha value is -1.10. The first-order valence-corrected chi connectivity index (χ1v) is 11.0. The Morgan fingerprint density at radius 3 is 2.41 bits per heavy atom. The molecule has 5 heteroatoms. The van der Waals surface area contributed by atoms with Crippen molar-refractivity contribution >= 4 is 17.5 Å². The summed E-state index contributed by atoms with van der Waals surface area (Å²) in [5, 5.41) is 4.00. The average Bonchev–Trinajstić information content (AvgIpc) is 3.59. The summed E-state index contributed by atoms with van der Waals surface area (Å²) < 4.78 is 0. The monoisotopic (exact) mass is 389 g/mol. The summed E-state index contributed by atoms with van der Waals surface area (Å²) in [7, 11) is 2.13. The Bertz CT molecular complexity index is 641. The Balaban J connectivity index is 1.35. The summed E-state index contributed by atoms with van der Waals surface area (Å²) >= 11 is 6.47. The van der Waals surface area contributed by atoms with Gasteiger partial charge in [0.25, 0.3) is 0 Å². The second-order valence-corrected chi connectivity index (χ2v) is 9.07. The van der Waals surface area contributed by atoms with Gasteiger partial charge in [-0.3, -0.25) is 14.6 Å². The number of halogens is 1. The highest BCUT2D eigenvalue weighted by Gasteiger charge is 2.43. The third kappa shape index (κ3) is 4.85. The molecule has 1 aromatic rings. The number of nitrogens with zero attached hydrogens (tertiary/aromatic N) is 2. The van der Waals surface area contributed by atoms with Crippen LogP contribution < -0.4 is 5.32 Å². The van der Waals surface area contributed by atoms with E-state index in [9.17, 15) is 4.79 Å². The number of carbonyl (C=O) groups excluding carboxylic acids is 1. The van der Waals surface area contributed by atoms with E-state index in [-0.39, 0.29) is 11.9 Å². The fourth-order valence-corrected chi connectivity index (χ4v) is 5.07. The summed E-state index contributed by atoms with van der Waals surface area (Å²) in [5.41, 5.74) is 1.13. The van der Waals surface area contributed by atoms with Gasteiger partial charge in [0.15, 0.2) is 0 Å². The van der Waals surface area contributed by atoms with E-state index >= 15 is 0 Å². The first kappa shape index (κ1) is 19.2. The quantitative estimate of drug-likeness (QED) is 0.699. The lowest BCUT2D eigenvalue weighted by Gasteiger charge is -2.30. The maximum Gasteiger partial charge on any atom is 0.234 e. The maximum absolute atomic E-state index is 12.7. The van der Waals surface area contributed by atoms with Gasteiger partial charge in [0.05, 0.1) is 12.6 Å². The van der Waals surface area contributed by atoms with Crippen molar-refractivity contribution in [3.05, 3.63) is 34.9 Å². The van der Waals surface area contributed by atoms with E-state index in [4.69, 9.17) is 11.6 Å². The molecule has 1 unspecified atom stereocenters. The van der Waals surface area contributed by atoms with Gasteiger partial charge in [-0.1, -0.05) is 29.8 Å². The molecule has 0 radical (unpaired) electrons. The summed E-state index contributed by atoms with van der Waals surface area (Å²) in [6, 6.07) is 8.84. The predicted octanol–water partition coefficient (Wildman–Crippen LogP) is 3.71. The molecule has 3 aliphatic rings. The number of nitrogens with one attached hydrogen (secondary N) is 1.